The number of methoxy groups -OCH3 is 1. The Morgan fingerprint density at radius 1 is 1.12 bits per heavy atom. The number of anilines is 1. The quantitative estimate of drug-likeness (QED) is 0.507. The third-order valence-corrected chi connectivity index (χ3v) is 6.80. The van der Waals surface area contributed by atoms with Crippen LogP contribution in [0, 0.1) is 6.92 Å². The van der Waals surface area contributed by atoms with Gasteiger partial charge in [0.05, 0.1) is 18.6 Å². The monoisotopic (exact) mass is 466 g/mol. The summed E-state index contributed by atoms with van der Waals surface area (Å²) in [6, 6.07) is 20.6. The van der Waals surface area contributed by atoms with E-state index in [1.165, 1.54) is 0 Å². The zero-order valence-corrected chi connectivity index (χ0v) is 19.4. The third kappa shape index (κ3) is 4.92. The topological polar surface area (TPSA) is 58.6 Å². The minimum absolute atomic E-state index is 0.0906. The fourth-order valence-electron chi connectivity index (χ4n) is 3.60. The summed E-state index contributed by atoms with van der Waals surface area (Å²) in [4.78, 5) is 27.1. The van der Waals surface area contributed by atoms with Gasteiger partial charge in [-0.15, -0.1) is 11.8 Å². The van der Waals surface area contributed by atoms with Gasteiger partial charge in [0.1, 0.15) is 11.1 Å². The maximum atomic E-state index is 12.8. The summed E-state index contributed by atoms with van der Waals surface area (Å²) in [5.74, 6) is 0.935. The van der Waals surface area contributed by atoms with Crippen LogP contribution < -0.4 is 10.1 Å². The average Bonchev–Trinajstić information content (AvgIpc) is 3.15. The van der Waals surface area contributed by atoms with E-state index in [4.69, 9.17) is 16.3 Å². The van der Waals surface area contributed by atoms with Gasteiger partial charge in [-0.3, -0.25) is 9.59 Å². The Balaban J connectivity index is 1.49. The molecule has 0 radical (unpaired) electrons. The van der Waals surface area contributed by atoms with Gasteiger partial charge in [-0.1, -0.05) is 41.9 Å². The van der Waals surface area contributed by atoms with Gasteiger partial charge in [0.2, 0.25) is 5.91 Å². The van der Waals surface area contributed by atoms with Crippen LogP contribution in [0.3, 0.4) is 0 Å². The minimum atomic E-state index is -0.214. The first-order valence-corrected chi connectivity index (χ1v) is 11.6. The number of nitrogens with zero attached hydrogens (tertiary/aromatic N) is 1. The fraction of sp³-hybridized carbons (Fsp3) is 0.200. The van der Waals surface area contributed by atoms with E-state index >= 15 is 0 Å². The molecule has 1 heterocycles. The highest BCUT2D eigenvalue weighted by atomic mass is 35.5. The van der Waals surface area contributed by atoms with E-state index in [1.807, 2.05) is 66.4 Å². The molecule has 5 nitrogen and oxygen atoms in total. The molecule has 0 unspecified atom stereocenters. The van der Waals surface area contributed by atoms with Gasteiger partial charge in [0, 0.05) is 17.1 Å². The maximum Gasteiger partial charge on any atom is 0.255 e. The zero-order valence-electron chi connectivity index (χ0n) is 17.8. The lowest BCUT2D eigenvalue weighted by Crippen LogP contribution is -2.27. The standard InChI is InChI=1S/C25H23ClN2O3S/c1-16-3-12-22(31-2)21(13-16)27-24(30)18-6-8-19(9-7-18)25-28(23(29)15-32-25)14-17-4-10-20(26)11-5-17/h3-13,25H,14-15H2,1-2H3,(H,27,30)/t25-/m1/s1. The van der Waals surface area contributed by atoms with E-state index in [0.29, 0.717) is 34.3 Å². The van der Waals surface area contributed by atoms with Crippen molar-refractivity contribution in [2.24, 2.45) is 0 Å². The molecule has 0 aliphatic carbocycles. The molecule has 1 atom stereocenters. The Labute approximate surface area is 196 Å². The minimum Gasteiger partial charge on any atom is -0.495 e. The number of carbonyl (C=O) groups is 2. The predicted molar refractivity (Wildman–Crippen MR) is 129 cm³/mol. The highest BCUT2D eigenvalue weighted by Gasteiger charge is 2.32. The van der Waals surface area contributed by atoms with Crippen molar-refractivity contribution in [3.05, 3.63) is 94.0 Å². The third-order valence-electron chi connectivity index (χ3n) is 5.30. The molecule has 1 fully saturated rings. The van der Waals surface area contributed by atoms with Crippen molar-refractivity contribution in [2.75, 3.05) is 18.2 Å². The summed E-state index contributed by atoms with van der Waals surface area (Å²) in [6.07, 6.45) is 0. The van der Waals surface area contributed by atoms with Gasteiger partial charge in [-0.2, -0.15) is 0 Å². The lowest BCUT2D eigenvalue weighted by atomic mass is 10.1. The molecule has 0 spiro atoms. The molecule has 32 heavy (non-hydrogen) atoms. The molecule has 1 N–H and O–H groups in total. The second-order valence-electron chi connectivity index (χ2n) is 7.59. The largest absolute Gasteiger partial charge is 0.495 e. The van der Waals surface area contributed by atoms with E-state index in [-0.39, 0.29) is 17.2 Å². The molecule has 0 aromatic heterocycles. The highest BCUT2D eigenvalue weighted by Crippen LogP contribution is 2.39. The van der Waals surface area contributed by atoms with E-state index < -0.39 is 0 Å². The van der Waals surface area contributed by atoms with Crippen LogP contribution in [0.15, 0.2) is 66.7 Å². The van der Waals surface area contributed by atoms with Crippen LogP contribution >= 0.6 is 23.4 Å². The fourth-order valence-corrected chi connectivity index (χ4v) is 4.91. The molecule has 1 aliphatic rings. The van der Waals surface area contributed by atoms with Crippen LogP contribution in [0.25, 0.3) is 0 Å². The van der Waals surface area contributed by atoms with E-state index in [9.17, 15) is 9.59 Å². The van der Waals surface area contributed by atoms with Gasteiger partial charge in [-0.25, -0.2) is 0 Å². The summed E-state index contributed by atoms with van der Waals surface area (Å²) in [6.45, 7) is 2.48. The number of hydrogen-bond acceptors (Lipinski definition) is 4. The Morgan fingerprint density at radius 2 is 1.84 bits per heavy atom. The van der Waals surface area contributed by atoms with Crippen molar-refractivity contribution in [1.82, 2.24) is 4.90 Å². The van der Waals surface area contributed by atoms with E-state index in [0.717, 1.165) is 16.7 Å². The summed E-state index contributed by atoms with van der Waals surface area (Å²) in [5.41, 5.74) is 4.21. The number of nitrogens with one attached hydrogen (secondary N) is 1. The number of thioether (sulfide) groups is 1. The van der Waals surface area contributed by atoms with Gasteiger partial charge < -0.3 is 15.0 Å². The molecule has 4 rings (SSSR count). The second-order valence-corrected chi connectivity index (χ2v) is 9.10. The number of benzene rings is 3. The van der Waals surface area contributed by atoms with Crippen LogP contribution in [0.1, 0.15) is 32.4 Å². The highest BCUT2D eigenvalue weighted by molar-refractivity contribution is 8.00. The number of amides is 2. The molecular weight excluding hydrogens is 444 g/mol. The molecule has 7 heteroatoms. The van der Waals surface area contributed by atoms with Crippen LogP contribution in [-0.4, -0.2) is 29.6 Å². The molecule has 0 saturated carbocycles. The van der Waals surface area contributed by atoms with Crippen LogP contribution in [0.5, 0.6) is 5.75 Å². The number of halogens is 1. The number of aryl methyl sites for hydroxylation is 1. The molecule has 3 aromatic carbocycles. The SMILES string of the molecule is COc1ccc(C)cc1NC(=O)c1ccc([C@H]2SCC(=O)N2Cc2ccc(Cl)cc2)cc1. The summed E-state index contributed by atoms with van der Waals surface area (Å²) < 4.78 is 5.34. The van der Waals surface area contributed by atoms with Crippen molar-refractivity contribution in [3.8, 4) is 5.75 Å². The Hall–Kier alpha value is -2.96. The zero-order chi connectivity index (χ0) is 22.7. The average molecular weight is 467 g/mol. The first-order valence-electron chi connectivity index (χ1n) is 10.2. The molecule has 0 bridgehead atoms. The van der Waals surface area contributed by atoms with Crippen molar-refractivity contribution in [1.29, 1.82) is 0 Å². The van der Waals surface area contributed by atoms with E-state index in [1.54, 1.807) is 31.0 Å². The molecule has 1 saturated heterocycles. The number of carbonyl (C=O) groups excluding carboxylic acids is 2. The molecule has 164 valence electrons. The summed E-state index contributed by atoms with van der Waals surface area (Å²) in [7, 11) is 1.57. The molecule has 3 aromatic rings. The van der Waals surface area contributed by atoms with Crippen LogP contribution in [-0.2, 0) is 11.3 Å². The van der Waals surface area contributed by atoms with Gasteiger partial charge in [0.25, 0.3) is 5.91 Å². The van der Waals surface area contributed by atoms with Gasteiger partial charge in [0.15, 0.2) is 0 Å². The van der Waals surface area contributed by atoms with Crippen LogP contribution in [0.4, 0.5) is 5.69 Å². The molecule has 2 amide bonds. The van der Waals surface area contributed by atoms with Crippen molar-refractivity contribution in [2.45, 2.75) is 18.8 Å². The normalized spacial score (nSPS) is 15.7. The smallest absolute Gasteiger partial charge is 0.255 e. The first kappa shape index (κ1) is 22.2. The Kier molecular flexibility index (Phi) is 6.72. The summed E-state index contributed by atoms with van der Waals surface area (Å²) in [5, 5.41) is 3.50. The maximum absolute atomic E-state index is 12.8. The van der Waals surface area contributed by atoms with E-state index in [2.05, 4.69) is 5.32 Å². The van der Waals surface area contributed by atoms with Gasteiger partial charge in [-0.05, 0) is 60.0 Å². The first-order chi connectivity index (χ1) is 15.4. The Bertz CT molecular complexity index is 1130. The lowest BCUT2D eigenvalue weighted by molar-refractivity contribution is -0.128. The number of hydrogen-bond donors (Lipinski definition) is 1. The number of rotatable bonds is 6. The lowest BCUT2D eigenvalue weighted by Gasteiger charge is -2.24. The van der Waals surface area contributed by atoms with Crippen molar-refractivity contribution >= 4 is 40.9 Å². The predicted octanol–water partition coefficient (Wildman–Crippen LogP) is 5.68. The molecular formula is C25H23ClN2O3S. The van der Waals surface area contributed by atoms with Crippen molar-refractivity contribution in [3.63, 3.8) is 0 Å². The van der Waals surface area contributed by atoms with Crippen LogP contribution in [0.2, 0.25) is 5.02 Å². The summed E-state index contributed by atoms with van der Waals surface area (Å²) >= 11 is 7.56. The number of ether oxygens (including phenoxy) is 1. The Morgan fingerprint density at radius 3 is 2.53 bits per heavy atom. The van der Waals surface area contributed by atoms with Crippen molar-refractivity contribution < 1.29 is 14.3 Å². The second kappa shape index (κ2) is 9.67. The van der Waals surface area contributed by atoms with Gasteiger partial charge >= 0.3 is 0 Å². The molecule has 1 aliphatic heterocycles.